The SMILES string of the molecule is CCCCNC(=O)c1ccc(CNC(=O)C2CNC2)cc1.Cl. The van der Waals surface area contributed by atoms with Crippen molar-refractivity contribution in [3.05, 3.63) is 35.4 Å². The van der Waals surface area contributed by atoms with Crippen LogP contribution >= 0.6 is 12.4 Å². The maximum Gasteiger partial charge on any atom is 0.251 e. The van der Waals surface area contributed by atoms with Gasteiger partial charge in [-0.15, -0.1) is 12.4 Å². The summed E-state index contributed by atoms with van der Waals surface area (Å²) in [6.07, 6.45) is 2.06. The third kappa shape index (κ3) is 5.31. The number of unbranched alkanes of at least 4 members (excludes halogenated alkanes) is 1. The first-order valence-corrected chi connectivity index (χ1v) is 7.56. The van der Waals surface area contributed by atoms with E-state index in [0.717, 1.165) is 31.5 Å². The van der Waals surface area contributed by atoms with Gasteiger partial charge in [0.15, 0.2) is 0 Å². The van der Waals surface area contributed by atoms with Crippen molar-refractivity contribution in [2.45, 2.75) is 26.3 Å². The molecule has 1 heterocycles. The molecule has 0 unspecified atom stereocenters. The minimum Gasteiger partial charge on any atom is -0.352 e. The molecule has 0 atom stereocenters. The molecule has 1 saturated heterocycles. The Morgan fingerprint density at radius 3 is 2.41 bits per heavy atom. The zero-order valence-electron chi connectivity index (χ0n) is 12.9. The van der Waals surface area contributed by atoms with Gasteiger partial charge in [-0.3, -0.25) is 9.59 Å². The molecule has 22 heavy (non-hydrogen) atoms. The van der Waals surface area contributed by atoms with Crippen molar-refractivity contribution in [1.82, 2.24) is 16.0 Å². The standard InChI is InChI=1S/C16H23N3O2.ClH/c1-2-3-8-18-15(20)13-6-4-12(5-7-13)9-19-16(21)14-10-17-11-14;/h4-7,14,17H,2-3,8-11H2,1H3,(H,18,20)(H,19,21);1H. The third-order valence-electron chi connectivity index (χ3n) is 3.65. The number of carbonyl (C=O) groups excluding carboxylic acids is 2. The van der Waals surface area contributed by atoms with Crippen LogP contribution < -0.4 is 16.0 Å². The molecule has 0 bridgehead atoms. The second-order valence-electron chi connectivity index (χ2n) is 5.38. The summed E-state index contributed by atoms with van der Waals surface area (Å²) >= 11 is 0. The number of halogens is 1. The Balaban J connectivity index is 0.00000242. The van der Waals surface area contributed by atoms with Crippen LogP contribution in [0.1, 0.15) is 35.7 Å². The highest BCUT2D eigenvalue weighted by atomic mass is 35.5. The summed E-state index contributed by atoms with van der Waals surface area (Å²) in [6.45, 7) is 4.84. The lowest BCUT2D eigenvalue weighted by molar-refractivity contribution is -0.126. The van der Waals surface area contributed by atoms with Crippen molar-refractivity contribution in [2.24, 2.45) is 5.92 Å². The second kappa shape index (κ2) is 9.43. The van der Waals surface area contributed by atoms with Crippen LogP contribution in [0.25, 0.3) is 0 Å². The van der Waals surface area contributed by atoms with Crippen LogP contribution in [0.4, 0.5) is 0 Å². The Kier molecular flexibility index (Phi) is 7.91. The van der Waals surface area contributed by atoms with Crippen LogP contribution in [-0.2, 0) is 11.3 Å². The molecular weight excluding hydrogens is 302 g/mol. The molecule has 0 spiro atoms. The predicted octanol–water partition coefficient (Wildman–Crippen LogP) is 1.47. The van der Waals surface area contributed by atoms with E-state index in [1.165, 1.54) is 0 Å². The maximum atomic E-state index is 11.8. The first-order chi connectivity index (χ1) is 10.2. The maximum absolute atomic E-state index is 11.8. The van der Waals surface area contributed by atoms with Gasteiger partial charge in [0.05, 0.1) is 5.92 Å². The van der Waals surface area contributed by atoms with Crippen LogP contribution in [0.5, 0.6) is 0 Å². The average Bonchev–Trinajstić information content (AvgIpc) is 2.44. The van der Waals surface area contributed by atoms with Gasteiger partial charge in [0.25, 0.3) is 5.91 Å². The molecule has 1 aliphatic heterocycles. The summed E-state index contributed by atoms with van der Waals surface area (Å²) in [5, 5.41) is 8.87. The first-order valence-electron chi connectivity index (χ1n) is 7.56. The molecule has 0 saturated carbocycles. The third-order valence-corrected chi connectivity index (χ3v) is 3.65. The smallest absolute Gasteiger partial charge is 0.251 e. The fraction of sp³-hybridized carbons (Fsp3) is 0.500. The van der Waals surface area contributed by atoms with Crippen molar-refractivity contribution in [1.29, 1.82) is 0 Å². The molecule has 1 aromatic carbocycles. The number of benzene rings is 1. The Bertz CT molecular complexity index is 487. The largest absolute Gasteiger partial charge is 0.352 e. The van der Waals surface area contributed by atoms with Gasteiger partial charge >= 0.3 is 0 Å². The summed E-state index contributed by atoms with van der Waals surface area (Å²) in [7, 11) is 0. The highest BCUT2D eigenvalue weighted by Crippen LogP contribution is 2.06. The molecular formula is C16H24ClN3O2. The summed E-state index contributed by atoms with van der Waals surface area (Å²) in [5.41, 5.74) is 1.66. The van der Waals surface area contributed by atoms with Gasteiger partial charge in [-0.25, -0.2) is 0 Å². The molecule has 2 rings (SSSR count). The van der Waals surface area contributed by atoms with E-state index in [4.69, 9.17) is 0 Å². The highest BCUT2D eigenvalue weighted by molar-refractivity contribution is 5.94. The number of amides is 2. The van der Waals surface area contributed by atoms with Crippen molar-refractivity contribution >= 4 is 24.2 Å². The number of carbonyl (C=O) groups is 2. The van der Waals surface area contributed by atoms with Crippen LogP contribution in [0.15, 0.2) is 24.3 Å². The molecule has 122 valence electrons. The second-order valence-corrected chi connectivity index (χ2v) is 5.38. The molecule has 0 aliphatic carbocycles. The van der Waals surface area contributed by atoms with E-state index >= 15 is 0 Å². The number of hydrogen-bond acceptors (Lipinski definition) is 3. The fourth-order valence-electron chi connectivity index (χ4n) is 2.06. The average molecular weight is 326 g/mol. The Labute approximate surface area is 137 Å². The highest BCUT2D eigenvalue weighted by Gasteiger charge is 2.24. The molecule has 5 nitrogen and oxygen atoms in total. The summed E-state index contributed by atoms with van der Waals surface area (Å²) in [4.78, 5) is 23.6. The van der Waals surface area contributed by atoms with Crippen LogP contribution in [0.3, 0.4) is 0 Å². The van der Waals surface area contributed by atoms with Crippen molar-refractivity contribution in [2.75, 3.05) is 19.6 Å². The fourth-order valence-corrected chi connectivity index (χ4v) is 2.06. The summed E-state index contributed by atoms with van der Waals surface area (Å²) in [6, 6.07) is 7.36. The first kappa shape index (κ1) is 18.5. The van der Waals surface area contributed by atoms with E-state index in [9.17, 15) is 9.59 Å². The Morgan fingerprint density at radius 1 is 1.18 bits per heavy atom. The molecule has 1 fully saturated rings. The molecule has 1 aromatic rings. The van der Waals surface area contributed by atoms with Gasteiger partial charge < -0.3 is 16.0 Å². The lowest BCUT2D eigenvalue weighted by atomic mass is 10.0. The normalized spacial score (nSPS) is 13.7. The molecule has 0 aromatic heterocycles. The molecule has 6 heteroatoms. The monoisotopic (exact) mass is 325 g/mol. The van der Waals surface area contributed by atoms with Crippen molar-refractivity contribution in [3.63, 3.8) is 0 Å². The minimum absolute atomic E-state index is 0. The van der Waals surface area contributed by atoms with E-state index in [1.54, 1.807) is 12.1 Å². The van der Waals surface area contributed by atoms with Crippen LogP contribution in [0.2, 0.25) is 0 Å². The van der Waals surface area contributed by atoms with Gasteiger partial charge in [0.1, 0.15) is 0 Å². The minimum atomic E-state index is -0.0421. The summed E-state index contributed by atoms with van der Waals surface area (Å²) in [5.74, 6) is 0.156. The van der Waals surface area contributed by atoms with E-state index in [0.29, 0.717) is 18.7 Å². The number of hydrogen-bond donors (Lipinski definition) is 3. The summed E-state index contributed by atoms with van der Waals surface area (Å²) < 4.78 is 0. The van der Waals surface area contributed by atoms with Gasteiger partial charge in [0.2, 0.25) is 5.91 Å². The Morgan fingerprint density at radius 2 is 1.86 bits per heavy atom. The van der Waals surface area contributed by atoms with E-state index in [1.807, 2.05) is 12.1 Å². The molecule has 1 aliphatic rings. The quantitative estimate of drug-likeness (QED) is 0.665. The van der Waals surface area contributed by atoms with Gasteiger partial charge in [0, 0.05) is 31.7 Å². The van der Waals surface area contributed by atoms with E-state index in [2.05, 4.69) is 22.9 Å². The predicted molar refractivity (Wildman–Crippen MR) is 89.1 cm³/mol. The topological polar surface area (TPSA) is 70.2 Å². The Hall–Kier alpha value is -1.59. The zero-order chi connectivity index (χ0) is 15.1. The number of rotatable bonds is 7. The lowest BCUT2D eigenvalue weighted by Gasteiger charge is -2.25. The van der Waals surface area contributed by atoms with E-state index in [-0.39, 0.29) is 30.1 Å². The molecule has 2 amide bonds. The molecule has 3 N–H and O–H groups in total. The van der Waals surface area contributed by atoms with Gasteiger partial charge in [-0.2, -0.15) is 0 Å². The zero-order valence-corrected chi connectivity index (χ0v) is 13.7. The number of nitrogens with one attached hydrogen (secondary N) is 3. The van der Waals surface area contributed by atoms with Crippen molar-refractivity contribution < 1.29 is 9.59 Å². The van der Waals surface area contributed by atoms with E-state index < -0.39 is 0 Å². The lowest BCUT2D eigenvalue weighted by Crippen LogP contribution is -2.50. The van der Waals surface area contributed by atoms with Gasteiger partial charge in [-0.05, 0) is 24.1 Å². The van der Waals surface area contributed by atoms with Crippen LogP contribution in [0, 0.1) is 5.92 Å². The van der Waals surface area contributed by atoms with Crippen LogP contribution in [-0.4, -0.2) is 31.4 Å². The van der Waals surface area contributed by atoms with Gasteiger partial charge in [-0.1, -0.05) is 25.5 Å². The van der Waals surface area contributed by atoms with Crippen molar-refractivity contribution in [3.8, 4) is 0 Å². The molecule has 0 radical (unpaired) electrons.